The molecule has 4 aromatic rings. The number of likely N-dealkylation sites (tertiary alicyclic amines) is 1. The summed E-state index contributed by atoms with van der Waals surface area (Å²) in [6, 6.07) is 37.3. The van der Waals surface area contributed by atoms with E-state index in [4.69, 9.17) is 9.47 Å². The number of rotatable bonds is 19. The van der Waals surface area contributed by atoms with Crippen LogP contribution in [0.15, 0.2) is 103 Å². The quantitative estimate of drug-likeness (QED) is 0.0961. The van der Waals surface area contributed by atoms with Crippen LogP contribution in [-0.2, 0) is 23.1 Å². The number of aliphatic hydroxyl groups excluding tert-OH is 1. The number of carbonyl (C=O) groups is 1. The van der Waals surface area contributed by atoms with E-state index in [2.05, 4.69) is 113 Å². The smallest absolute Gasteiger partial charge is 0.222 e. The van der Waals surface area contributed by atoms with E-state index in [1.54, 1.807) is 7.11 Å². The van der Waals surface area contributed by atoms with Crippen molar-refractivity contribution in [2.24, 2.45) is 11.8 Å². The van der Waals surface area contributed by atoms with Gasteiger partial charge in [0, 0.05) is 48.4 Å². The largest absolute Gasteiger partial charge is 0.493 e. The Morgan fingerprint density at radius 2 is 1.48 bits per heavy atom. The number of amides is 1. The molecule has 2 heterocycles. The molecule has 9 rings (SSSR count). The summed E-state index contributed by atoms with van der Waals surface area (Å²) in [4.78, 5) is 20.0. The molecule has 1 spiro atoms. The van der Waals surface area contributed by atoms with E-state index in [1.807, 2.05) is 0 Å². The molecule has 1 saturated heterocycles. The molecule has 6 heteroatoms. The van der Waals surface area contributed by atoms with Crippen molar-refractivity contribution in [1.82, 2.24) is 9.80 Å². The number of aliphatic hydroxyl groups is 1. The van der Waals surface area contributed by atoms with Gasteiger partial charge in [-0.1, -0.05) is 136 Å². The van der Waals surface area contributed by atoms with Crippen LogP contribution >= 0.6 is 0 Å². The van der Waals surface area contributed by atoms with E-state index in [9.17, 15) is 5.11 Å². The first-order chi connectivity index (χ1) is 28.5. The van der Waals surface area contributed by atoms with Crippen molar-refractivity contribution in [3.8, 4) is 11.5 Å². The van der Waals surface area contributed by atoms with Crippen molar-refractivity contribution in [3.05, 3.63) is 131 Å². The lowest BCUT2D eigenvalue weighted by molar-refractivity contribution is -0.143. The second-order valence-corrected chi connectivity index (χ2v) is 18.3. The van der Waals surface area contributed by atoms with E-state index in [0.717, 1.165) is 69.5 Å². The van der Waals surface area contributed by atoms with Crippen molar-refractivity contribution < 1.29 is 19.4 Å². The molecule has 1 N–H and O–H groups in total. The molecular formula is C52H64N2O4. The van der Waals surface area contributed by atoms with E-state index >= 15 is 4.79 Å². The number of aryl methyl sites for hydroxylation is 1. The van der Waals surface area contributed by atoms with Crippen molar-refractivity contribution >= 4 is 5.91 Å². The third-order valence-electron chi connectivity index (χ3n) is 14.9. The third kappa shape index (κ3) is 7.84. The highest BCUT2D eigenvalue weighted by Gasteiger charge is 2.67. The highest BCUT2D eigenvalue weighted by atomic mass is 16.5. The van der Waals surface area contributed by atoms with Gasteiger partial charge >= 0.3 is 0 Å². The number of hydrogen-bond donors (Lipinski definition) is 1. The van der Waals surface area contributed by atoms with Gasteiger partial charge in [-0.2, -0.15) is 0 Å². The van der Waals surface area contributed by atoms with Gasteiger partial charge in [0.15, 0.2) is 11.5 Å². The first-order valence-corrected chi connectivity index (χ1v) is 22.8. The normalized spacial score (nSPS) is 26.5. The summed E-state index contributed by atoms with van der Waals surface area (Å²) >= 11 is 0. The Morgan fingerprint density at radius 1 is 0.845 bits per heavy atom. The van der Waals surface area contributed by atoms with Crippen LogP contribution in [0.5, 0.6) is 11.5 Å². The predicted molar refractivity (Wildman–Crippen MR) is 232 cm³/mol. The lowest BCUT2D eigenvalue weighted by atomic mass is 9.51. The van der Waals surface area contributed by atoms with E-state index in [-0.39, 0.29) is 35.5 Å². The number of unbranched alkanes of at least 4 members (excludes halogenated alkanes) is 7. The molecule has 3 aliphatic carbocycles. The van der Waals surface area contributed by atoms with Gasteiger partial charge in [0.05, 0.1) is 19.3 Å². The zero-order valence-corrected chi connectivity index (χ0v) is 34.7. The maximum atomic E-state index is 15.0. The van der Waals surface area contributed by atoms with E-state index in [0.29, 0.717) is 30.8 Å². The Balaban J connectivity index is 0.942. The van der Waals surface area contributed by atoms with Crippen LogP contribution in [0.3, 0.4) is 0 Å². The topological polar surface area (TPSA) is 62.2 Å². The maximum Gasteiger partial charge on any atom is 0.222 e. The van der Waals surface area contributed by atoms with Gasteiger partial charge in [-0.3, -0.25) is 9.69 Å². The molecule has 1 amide bonds. The fourth-order valence-corrected chi connectivity index (χ4v) is 11.9. The Morgan fingerprint density at radius 3 is 2.14 bits per heavy atom. The predicted octanol–water partition coefficient (Wildman–Crippen LogP) is 9.90. The molecule has 2 bridgehead atoms. The van der Waals surface area contributed by atoms with Crippen LogP contribution in [0.25, 0.3) is 0 Å². The number of nitrogens with zero attached hydrogens (tertiary/aromatic N) is 2. The highest BCUT2D eigenvalue weighted by molar-refractivity contribution is 5.77. The van der Waals surface area contributed by atoms with E-state index in [1.165, 1.54) is 72.8 Å². The Hall–Kier alpha value is -4.13. The number of piperidine rings is 1. The minimum absolute atomic E-state index is 0.0323. The molecule has 0 aromatic heterocycles. The molecule has 2 aliphatic heterocycles. The Labute approximate surface area is 346 Å². The van der Waals surface area contributed by atoms with Gasteiger partial charge in [0.25, 0.3) is 0 Å². The van der Waals surface area contributed by atoms with Gasteiger partial charge in [-0.25, -0.2) is 0 Å². The van der Waals surface area contributed by atoms with Crippen LogP contribution < -0.4 is 9.47 Å². The van der Waals surface area contributed by atoms with Gasteiger partial charge < -0.3 is 19.5 Å². The van der Waals surface area contributed by atoms with Crippen molar-refractivity contribution in [2.45, 2.75) is 132 Å². The van der Waals surface area contributed by atoms with Crippen LogP contribution in [-0.4, -0.2) is 71.8 Å². The second kappa shape index (κ2) is 17.6. The molecule has 5 aliphatic rings. The summed E-state index contributed by atoms with van der Waals surface area (Å²) in [5, 5.41) is 10.3. The number of methoxy groups -OCH3 is 1. The number of carbonyl (C=O) groups excluding carboxylic acids is 1. The number of hydrogen-bond acceptors (Lipinski definition) is 5. The van der Waals surface area contributed by atoms with Gasteiger partial charge in [0.1, 0.15) is 6.10 Å². The summed E-state index contributed by atoms with van der Waals surface area (Å²) in [6.45, 7) is 2.63. The van der Waals surface area contributed by atoms with Crippen LogP contribution in [0, 0.1) is 11.8 Å². The third-order valence-corrected chi connectivity index (χ3v) is 14.9. The molecule has 0 radical (unpaired) electrons. The summed E-state index contributed by atoms with van der Waals surface area (Å²) in [7, 11) is 1.76. The molecule has 7 atom stereocenters. The van der Waals surface area contributed by atoms with Gasteiger partial charge in [-0.05, 0) is 92.1 Å². The fraction of sp³-hybridized carbons (Fsp3) is 0.519. The lowest BCUT2D eigenvalue weighted by Crippen LogP contribution is -2.69. The monoisotopic (exact) mass is 780 g/mol. The average Bonchev–Trinajstić information content (AvgIpc) is 3.85. The highest BCUT2D eigenvalue weighted by Crippen LogP contribution is 2.64. The lowest BCUT2D eigenvalue weighted by Gasteiger charge is -2.60. The van der Waals surface area contributed by atoms with Crippen molar-refractivity contribution in [1.29, 1.82) is 0 Å². The molecule has 6 nitrogen and oxygen atoms in total. The molecular weight excluding hydrogens is 717 g/mol. The standard InChI is InChI=1S/C52H64N2O4/c1-57-47-30-27-40-33-45-43-28-29-44(51-52(43,49(40)50(47)58-51)31-32-53(45)35-41-34-46(41)55)54(36-42(38-22-14-9-15-23-38)39-24-16-10-17-25-39)48(56)26-18-7-5-3-2-4-6-11-19-37-20-12-8-13-21-37/h8-10,12-17,20-25,27,30,41-46,51,55H,2-7,11,18-19,26,28-29,31-36H2,1H3/t41?,43-,44-,45+,46?,51-,52-/m0/s1. The summed E-state index contributed by atoms with van der Waals surface area (Å²) in [6.07, 6.45) is 16.1. The minimum atomic E-state index is -0.154. The molecule has 3 fully saturated rings. The Bertz CT molecular complexity index is 1930. The number of ether oxygens (including phenoxy) is 2. The van der Waals surface area contributed by atoms with Gasteiger partial charge in [-0.15, -0.1) is 0 Å². The molecule has 58 heavy (non-hydrogen) atoms. The first-order valence-electron chi connectivity index (χ1n) is 22.8. The second-order valence-electron chi connectivity index (χ2n) is 18.3. The molecule has 4 aromatic carbocycles. The minimum Gasteiger partial charge on any atom is -0.493 e. The molecule has 306 valence electrons. The molecule has 2 unspecified atom stereocenters. The molecule has 2 saturated carbocycles. The SMILES string of the molecule is COc1ccc2c3c1O[C@H]1[C@@H](N(CC(c4ccccc4)c4ccccc4)C(=O)CCCCCCCCCCc4ccccc4)CC[C@H]4[C@@H](C2)N(CC2CC2O)CC[C@@]341. The Kier molecular flexibility index (Phi) is 11.9. The van der Waals surface area contributed by atoms with Crippen molar-refractivity contribution in [3.63, 3.8) is 0 Å². The fourth-order valence-electron chi connectivity index (χ4n) is 11.9. The van der Waals surface area contributed by atoms with Crippen LogP contribution in [0.1, 0.15) is 117 Å². The van der Waals surface area contributed by atoms with Gasteiger partial charge in [0.2, 0.25) is 5.91 Å². The van der Waals surface area contributed by atoms with Crippen molar-refractivity contribution in [2.75, 3.05) is 26.7 Å². The van der Waals surface area contributed by atoms with Crippen LogP contribution in [0.2, 0.25) is 0 Å². The summed E-state index contributed by atoms with van der Waals surface area (Å²) < 4.78 is 13.3. The first kappa shape index (κ1) is 39.3. The van der Waals surface area contributed by atoms with Crippen LogP contribution in [0.4, 0.5) is 0 Å². The zero-order valence-electron chi connectivity index (χ0n) is 34.7. The van der Waals surface area contributed by atoms with E-state index < -0.39 is 0 Å². The summed E-state index contributed by atoms with van der Waals surface area (Å²) in [5.41, 5.74) is 6.55. The summed E-state index contributed by atoms with van der Waals surface area (Å²) in [5.74, 6) is 2.94. The zero-order chi connectivity index (χ0) is 39.5. The number of benzene rings is 4. The maximum absolute atomic E-state index is 15.0. The average molecular weight is 781 g/mol.